The van der Waals surface area contributed by atoms with Gasteiger partial charge in [-0.3, -0.25) is 0 Å². The Hall–Kier alpha value is -0.960. The molecule has 0 aliphatic heterocycles. The Balaban J connectivity index is 2.29. The quantitative estimate of drug-likeness (QED) is 0.736. The highest BCUT2D eigenvalue weighted by Crippen LogP contribution is 2.11. The van der Waals surface area contributed by atoms with E-state index in [4.69, 9.17) is 0 Å². The van der Waals surface area contributed by atoms with E-state index in [-0.39, 0.29) is 11.6 Å². The van der Waals surface area contributed by atoms with E-state index in [1.165, 1.54) is 12.1 Å². The zero-order chi connectivity index (χ0) is 12.0. The molecule has 0 spiro atoms. The molecule has 1 aromatic rings. The highest BCUT2D eigenvalue weighted by Gasteiger charge is 2.03. The van der Waals surface area contributed by atoms with Crippen LogP contribution in [-0.2, 0) is 6.42 Å². The first-order chi connectivity index (χ1) is 7.59. The van der Waals surface area contributed by atoms with Crippen LogP contribution in [0.15, 0.2) is 18.2 Å². The van der Waals surface area contributed by atoms with E-state index < -0.39 is 0 Å². The lowest BCUT2D eigenvalue weighted by Crippen LogP contribution is -2.21. The van der Waals surface area contributed by atoms with E-state index in [0.29, 0.717) is 17.9 Å². The molecule has 0 saturated heterocycles. The number of hydrogen-bond donors (Lipinski definition) is 1. The normalized spacial score (nSPS) is 11.1. The predicted molar refractivity (Wildman–Crippen MR) is 62.4 cm³/mol. The molecule has 16 heavy (non-hydrogen) atoms. The molecule has 0 bridgehead atoms. The lowest BCUT2D eigenvalue weighted by molar-refractivity contribution is 0.535. The summed E-state index contributed by atoms with van der Waals surface area (Å²) in [6, 6.07) is 3.61. The molecular formula is C13H19F2N. The molecule has 0 heterocycles. The van der Waals surface area contributed by atoms with Crippen LogP contribution in [0.5, 0.6) is 0 Å². The van der Waals surface area contributed by atoms with Crippen LogP contribution in [0.25, 0.3) is 0 Å². The van der Waals surface area contributed by atoms with E-state index in [1.807, 2.05) is 0 Å². The minimum Gasteiger partial charge on any atom is -0.316 e. The average Bonchev–Trinajstić information content (AvgIpc) is 2.22. The number of nitrogens with one attached hydrogen (secondary N) is 1. The van der Waals surface area contributed by atoms with Gasteiger partial charge in [0.15, 0.2) is 0 Å². The molecule has 1 nitrogen and oxygen atoms in total. The average molecular weight is 227 g/mol. The molecule has 1 N–H and O–H groups in total. The van der Waals surface area contributed by atoms with Crippen LogP contribution in [-0.4, -0.2) is 13.1 Å². The number of benzene rings is 1. The van der Waals surface area contributed by atoms with Crippen LogP contribution in [0.2, 0.25) is 0 Å². The van der Waals surface area contributed by atoms with Gasteiger partial charge in [-0.25, -0.2) is 8.78 Å². The van der Waals surface area contributed by atoms with Crippen molar-refractivity contribution < 1.29 is 8.78 Å². The van der Waals surface area contributed by atoms with Gasteiger partial charge in [0.25, 0.3) is 0 Å². The fraction of sp³-hybridized carbons (Fsp3) is 0.538. The SMILES string of the molecule is CC(C)CNCCCc1cc(F)ccc1F. The largest absolute Gasteiger partial charge is 0.316 e. The summed E-state index contributed by atoms with van der Waals surface area (Å²) < 4.78 is 26.1. The Morgan fingerprint density at radius 2 is 2.00 bits per heavy atom. The fourth-order valence-corrected chi connectivity index (χ4v) is 1.53. The summed E-state index contributed by atoms with van der Waals surface area (Å²) >= 11 is 0. The second kappa shape index (κ2) is 6.59. The molecule has 3 heteroatoms. The summed E-state index contributed by atoms with van der Waals surface area (Å²) in [6.45, 7) is 6.08. The molecule has 0 saturated carbocycles. The predicted octanol–water partition coefficient (Wildman–Crippen LogP) is 3.14. The summed E-state index contributed by atoms with van der Waals surface area (Å²) in [5.74, 6) is -0.0669. The molecule has 1 rings (SSSR count). The third-order valence-corrected chi connectivity index (χ3v) is 2.36. The minimum atomic E-state index is -0.369. The smallest absolute Gasteiger partial charge is 0.126 e. The molecule has 1 aromatic carbocycles. The van der Waals surface area contributed by atoms with Gasteiger partial charge < -0.3 is 5.32 Å². The van der Waals surface area contributed by atoms with Gasteiger partial charge in [0.2, 0.25) is 0 Å². The Kier molecular flexibility index (Phi) is 5.39. The topological polar surface area (TPSA) is 12.0 Å². The second-order valence-electron chi connectivity index (χ2n) is 4.44. The summed E-state index contributed by atoms with van der Waals surface area (Å²) in [4.78, 5) is 0. The zero-order valence-corrected chi connectivity index (χ0v) is 9.89. The van der Waals surface area contributed by atoms with E-state index in [9.17, 15) is 8.78 Å². The van der Waals surface area contributed by atoms with Crippen LogP contribution < -0.4 is 5.32 Å². The molecule has 0 aliphatic rings. The fourth-order valence-electron chi connectivity index (χ4n) is 1.53. The molecule has 0 amide bonds. The van der Waals surface area contributed by atoms with E-state index in [1.54, 1.807) is 0 Å². The van der Waals surface area contributed by atoms with E-state index >= 15 is 0 Å². The van der Waals surface area contributed by atoms with Crippen LogP contribution in [0, 0.1) is 17.6 Å². The lowest BCUT2D eigenvalue weighted by atomic mass is 10.1. The van der Waals surface area contributed by atoms with Crippen molar-refractivity contribution in [2.75, 3.05) is 13.1 Å². The van der Waals surface area contributed by atoms with Crippen molar-refractivity contribution in [1.82, 2.24) is 5.32 Å². The van der Waals surface area contributed by atoms with Crippen molar-refractivity contribution in [3.8, 4) is 0 Å². The van der Waals surface area contributed by atoms with Crippen molar-refractivity contribution in [3.63, 3.8) is 0 Å². The number of rotatable bonds is 6. The molecule has 0 radical (unpaired) electrons. The first-order valence-corrected chi connectivity index (χ1v) is 5.74. The maximum atomic E-state index is 13.2. The van der Waals surface area contributed by atoms with E-state index in [0.717, 1.165) is 25.6 Å². The van der Waals surface area contributed by atoms with Crippen LogP contribution >= 0.6 is 0 Å². The van der Waals surface area contributed by atoms with Crippen LogP contribution in [0.3, 0.4) is 0 Å². The highest BCUT2D eigenvalue weighted by atomic mass is 19.1. The van der Waals surface area contributed by atoms with Gasteiger partial charge in [-0.1, -0.05) is 13.8 Å². The number of hydrogen-bond acceptors (Lipinski definition) is 1. The van der Waals surface area contributed by atoms with Gasteiger partial charge in [-0.05, 0) is 55.6 Å². The van der Waals surface area contributed by atoms with Gasteiger partial charge in [0, 0.05) is 0 Å². The summed E-state index contributed by atoms with van der Waals surface area (Å²) in [6.07, 6.45) is 1.40. The monoisotopic (exact) mass is 227 g/mol. The molecule has 0 aliphatic carbocycles. The molecule has 0 fully saturated rings. The van der Waals surface area contributed by atoms with Gasteiger partial charge in [0.1, 0.15) is 11.6 Å². The first kappa shape index (κ1) is 13.1. The van der Waals surface area contributed by atoms with Crippen molar-refractivity contribution in [1.29, 1.82) is 0 Å². The van der Waals surface area contributed by atoms with Gasteiger partial charge >= 0.3 is 0 Å². The van der Waals surface area contributed by atoms with E-state index in [2.05, 4.69) is 19.2 Å². The maximum Gasteiger partial charge on any atom is 0.126 e. The van der Waals surface area contributed by atoms with Crippen molar-refractivity contribution in [3.05, 3.63) is 35.4 Å². The molecule has 90 valence electrons. The van der Waals surface area contributed by atoms with Crippen LogP contribution in [0.4, 0.5) is 8.78 Å². The van der Waals surface area contributed by atoms with Crippen molar-refractivity contribution >= 4 is 0 Å². The van der Waals surface area contributed by atoms with Gasteiger partial charge in [0.05, 0.1) is 0 Å². The van der Waals surface area contributed by atoms with Crippen LogP contribution in [0.1, 0.15) is 25.8 Å². The molecule has 0 atom stereocenters. The standard InChI is InChI=1S/C13H19F2N/c1-10(2)9-16-7-3-4-11-8-12(14)5-6-13(11)15/h5-6,8,10,16H,3-4,7,9H2,1-2H3. The van der Waals surface area contributed by atoms with Crippen molar-refractivity contribution in [2.45, 2.75) is 26.7 Å². The van der Waals surface area contributed by atoms with Gasteiger partial charge in [-0.2, -0.15) is 0 Å². The summed E-state index contributed by atoms with van der Waals surface area (Å²) in [7, 11) is 0. The minimum absolute atomic E-state index is 0.315. The third-order valence-electron chi connectivity index (χ3n) is 2.36. The Bertz CT molecular complexity index is 324. The molecular weight excluding hydrogens is 208 g/mol. The Labute approximate surface area is 95.9 Å². The third kappa shape index (κ3) is 4.71. The summed E-state index contributed by atoms with van der Waals surface area (Å²) in [5, 5.41) is 3.27. The lowest BCUT2D eigenvalue weighted by Gasteiger charge is -2.07. The summed E-state index contributed by atoms with van der Waals surface area (Å²) in [5.41, 5.74) is 0.464. The number of halogens is 2. The highest BCUT2D eigenvalue weighted by molar-refractivity contribution is 5.18. The Morgan fingerprint density at radius 3 is 2.69 bits per heavy atom. The first-order valence-electron chi connectivity index (χ1n) is 5.74. The van der Waals surface area contributed by atoms with Gasteiger partial charge in [-0.15, -0.1) is 0 Å². The maximum absolute atomic E-state index is 13.2. The second-order valence-corrected chi connectivity index (χ2v) is 4.44. The molecule has 0 aromatic heterocycles. The zero-order valence-electron chi connectivity index (χ0n) is 9.89. The number of aryl methyl sites for hydroxylation is 1. The van der Waals surface area contributed by atoms with Crippen molar-refractivity contribution in [2.24, 2.45) is 5.92 Å². The Morgan fingerprint density at radius 1 is 1.25 bits per heavy atom. The molecule has 0 unspecified atom stereocenters.